The zero-order chi connectivity index (χ0) is 16.2. The molecular weight excluding hydrogens is 293 g/mol. The minimum Gasteiger partial charge on any atom is -0.355 e. The first-order valence-electron chi connectivity index (χ1n) is 7.95. The number of pyridine rings is 1. The number of anilines is 1. The summed E-state index contributed by atoms with van der Waals surface area (Å²) in [4.78, 5) is 17.0. The third kappa shape index (κ3) is 4.01. The summed E-state index contributed by atoms with van der Waals surface area (Å²) in [7, 11) is 2.08. The van der Waals surface area contributed by atoms with Gasteiger partial charge in [0, 0.05) is 44.1 Å². The third-order valence-corrected chi connectivity index (χ3v) is 4.35. The van der Waals surface area contributed by atoms with Gasteiger partial charge in [0.25, 0.3) is 0 Å². The Morgan fingerprint density at radius 2 is 2.17 bits per heavy atom. The molecule has 0 amide bonds. The first kappa shape index (κ1) is 15.8. The molecular formula is C17H22FN5. The lowest BCUT2D eigenvalue weighted by atomic mass is 10.0. The Bertz CT molecular complexity index is 663. The van der Waals surface area contributed by atoms with E-state index in [1.807, 2.05) is 13.0 Å². The fraction of sp³-hybridized carbons (Fsp3) is 0.471. The molecule has 1 aliphatic rings. The highest BCUT2D eigenvalue weighted by Gasteiger charge is 2.24. The number of nitrogens with zero attached hydrogens (tertiary/aromatic N) is 5. The summed E-state index contributed by atoms with van der Waals surface area (Å²) in [5.74, 6) is 0.682. The highest BCUT2D eigenvalue weighted by atomic mass is 19.1. The minimum atomic E-state index is -0.273. The Morgan fingerprint density at radius 3 is 2.96 bits per heavy atom. The Balaban J connectivity index is 1.66. The molecule has 5 nitrogen and oxygen atoms in total. The summed E-state index contributed by atoms with van der Waals surface area (Å²) >= 11 is 0. The molecule has 0 aliphatic carbocycles. The van der Waals surface area contributed by atoms with Gasteiger partial charge in [-0.3, -0.25) is 9.88 Å². The van der Waals surface area contributed by atoms with E-state index >= 15 is 0 Å². The molecule has 1 saturated heterocycles. The van der Waals surface area contributed by atoms with Crippen molar-refractivity contribution in [3.8, 4) is 0 Å². The molecule has 0 N–H and O–H groups in total. The summed E-state index contributed by atoms with van der Waals surface area (Å²) < 4.78 is 13.3. The van der Waals surface area contributed by atoms with Gasteiger partial charge in [0.1, 0.15) is 18.0 Å². The zero-order valence-corrected chi connectivity index (χ0v) is 13.6. The van der Waals surface area contributed by atoms with Crippen molar-refractivity contribution >= 4 is 5.82 Å². The molecule has 1 aliphatic heterocycles. The molecule has 3 heterocycles. The minimum absolute atomic E-state index is 0.273. The number of rotatable bonds is 4. The maximum Gasteiger partial charge on any atom is 0.141 e. The maximum atomic E-state index is 13.3. The fourth-order valence-corrected chi connectivity index (χ4v) is 3.11. The van der Waals surface area contributed by atoms with E-state index in [4.69, 9.17) is 0 Å². The molecule has 3 rings (SSSR count). The van der Waals surface area contributed by atoms with Crippen molar-refractivity contribution in [2.24, 2.45) is 0 Å². The van der Waals surface area contributed by atoms with Gasteiger partial charge in [0.15, 0.2) is 0 Å². The first-order chi connectivity index (χ1) is 11.1. The van der Waals surface area contributed by atoms with Gasteiger partial charge in [-0.2, -0.15) is 0 Å². The van der Waals surface area contributed by atoms with Gasteiger partial charge in [-0.05, 0) is 37.9 Å². The molecule has 0 bridgehead atoms. The third-order valence-electron chi connectivity index (χ3n) is 4.35. The highest BCUT2D eigenvalue weighted by molar-refractivity contribution is 5.39. The van der Waals surface area contributed by atoms with Gasteiger partial charge in [-0.15, -0.1) is 0 Å². The van der Waals surface area contributed by atoms with Crippen LogP contribution in [0.25, 0.3) is 0 Å². The van der Waals surface area contributed by atoms with Crippen molar-refractivity contribution in [3.63, 3.8) is 0 Å². The SMILES string of the molecule is Cc1cc(N(C)C2CCCN(Cc3cncc(F)c3)C2)ncn1. The van der Waals surface area contributed by atoms with E-state index in [0.717, 1.165) is 49.6 Å². The second kappa shape index (κ2) is 7.00. The number of aromatic nitrogens is 3. The summed E-state index contributed by atoms with van der Waals surface area (Å²) in [5, 5.41) is 0. The second-order valence-electron chi connectivity index (χ2n) is 6.17. The van der Waals surface area contributed by atoms with E-state index < -0.39 is 0 Å². The van der Waals surface area contributed by atoms with Gasteiger partial charge in [-0.25, -0.2) is 14.4 Å². The van der Waals surface area contributed by atoms with Crippen LogP contribution < -0.4 is 4.90 Å². The van der Waals surface area contributed by atoms with Crippen LogP contribution in [0.1, 0.15) is 24.1 Å². The normalized spacial score (nSPS) is 18.8. The van der Waals surface area contributed by atoms with Crippen molar-refractivity contribution in [3.05, 3.63) is 47.9 Å². The number of piperidine rings is 1. The number of aryl methyl sites for hydroxylation is 1. The first-order valence-corrected chi connectivity index (χ1v) is 7.95. The van der Waals surface area contributed by atoms with E-state index in [0.29, 0.717) is 6.04 Å². The molecule has 2 aromatic rings. The van der Waals surface area contributed by atoms with E-state index in [9.17, 15) is 4.39 Å². The van der Waals surface area contributed by atoms with Crippen LogP contribution >= 0.6 is 0 Å². The fourth-order valence-electron chi connectivity index (χ4n) is 3.11. The Hall–Kier alpha value is -2.08. The summed E-state index contributed by atoms with van der Waals surface area (Å²) in [5.41, 5.74) is 1.89. The second-order valence-corrected chi connectivity index (χ2v) is 6.17. The van der Waals surface area contributed by atoms with Gasteiger partial charge in [-0.1, -0.05) is 0 Å². The zero-order valence-electron chi connectivity index (χ0n) is 13.6. The van der Waals surface area contributed by atoms with Crippen LogP contribution in [-0.4, -0.2) is 46.0 Å². The standard InChI is InChI=1S/C17H22FN5/c1-13-6-17(21-12-20-13)22(2)16-4-3-5-23(11-16)10-14-7-15(18)9-19-8-14/h6-9,12,16H,3-5,10-11H2,1-2H3. The van der Waals surface area contributed by atoms with Crippen LogP contribution in [-0.2, 0) is 6.54 Å². The van der Waals surface area contributed by atoms with Crippen LogP contribution in [0.15, 0.2) is 30.9 Å². The van der Waals surface area contributed by atoms with Crippen LogP contribution in [0.5, 0.6) is 0 Å². The number of likely N-dealkylation sites (tertiary alicyclic amines) is 1. The molecule has 0 aromatic carbocycles. The van der Waals surface area contributed by atoms with Crippen LogP contribution in [0.3, 0.4) is 0 Å². The van der Waals surface area contributed by atoms with Gasteiger partial charge < -0.3 is 4.90 Å². The predicted octanol–water partition coefficient (Wildman–Crippen LogP) is 2.42. The van der Waals surface area contributed by atoms with Crippen LogP contribution in [0.2, 0.25) is 0 Å². The summed E-state index contributed by atoms with van der Waals surface area (Å²) in [6.45, 7) is 4.68. The molecule has 0 spiro atoms. The van der Waals surface area contributed by atoms with E-state index in [-0.39, 0.29) is 5.82 Å². The topological polar surface area (TPSA) is 45.2 Å². The van der Waals surface area contributed by atoms with Crippen molar-refractivity contribution in [1.29, 1.82) is 0 Å². The molecule has 0 radical (unpaired) electrons. The molecule has 1 fully saturated rings. The molecule has 1 unspecified atom stereocenters. The van der Waals surface area contributed by atoms with E-state index in [1.165, 1.54) is 6.20 Å². The number of hydrogen-bond acceptors (Lipinski definition) is 5. The average Bonchev–Trinajstić information content (AvgIpc) is 2.54. The molecule has 1 atom stereocenters. The summed E-state index contributed by atoms with van der Waals surface area (Å²) in [6, 6.07) is 3.98. The quantitative estimate of drug-likeness (QED) is 0.867. The number of halogens is 1. The molecule has 6 heteroatoms. The molecule has 122 valence electrons. The van der Waals surface area contributed by atoms with Crippen molar-refractivity contribution in [2.45, 2.75) is 32.4 Å². The van der Waals surface area contributed by atoms with E-state index in [2.05, 4.69) is 31.8 Å². The largest absolute Gasteiger partial charge is 0.355 e. The van der Waals surface area contributed by atoms with Crippen molar-refractivity contribution in [1.82, 2.24) is 19.9 Å². The Labute approximate surface area is 136 Å². The smallest absolute Gasteiger partial charge is 0.141 e. The Kier molecular flexibility index (Phi) is 4.81. The van der Waals surface area contributed by atoms with Crippen LogP contribution in [0.4, 0.5) is 10.2 Å². The lowest BCUT2D eigenvalue weighted by molar-refractivity contribution is 0.198. The Morgan fingerprint density at radius 1 is 1.30 bits per heavy atom. The molecule has 23 heavy (non-hydrogen) atoms. The summed E-state index contributed by atoms with van der Waals surface area (Å²) in [6.07, 6.45) is 6.86. The monoisotopic (exact) mass is 315 g/mol. The van der Waals surface area contributed by atoms with Gasteiger partial charge in [0.2, 0.25) is 0 Å². The lowest BCUT2D eigenvalue weighted by Gasteiger charge is -2.38. The highest BCUT2D eigenvalue weighted by Crippen LogP contribution is 2.21. The van der Waals surface area contributed by atoms with E-state index in [1.54, 1.807) is 18.6 Å². The lowest BCUT2D eigenvalue weighted by Crippen LogP contribution is -2.46. The molecule has 2 aromatic heterocycles. The van der Waals surface area contributed by atoms with Crippen molar-refractivity contribution in [2.75, 3.05) is 25.0 Å². The maximum absolute atomic E-state index is 13.3. The predicted molar refractivity (Wildman–Crippen MR) is 87.7 cm³/mol. The van der Waals surface area contributed by atoms with Gasteiger partial charge in [0.05, 0.1) is 6.20 Å². The van der Waals surface area contributed by atoms with Crippen LogP contribution in [0, 0.1) is 12.7 Å². The van der Waals surface area contributed by atoms with Crippen molar-refractivity contribution < 1.29 is 4.39 Å². The molecule has 0 saturated carbocycles. The average molecular weight is 315 g/mol. The van der Waals surface area contributed by atoms with Gasteiger partial charge >= 0.3 is 0 Å². The number of hydrogen-bond donors (Lipinski definition) is 0. The number of likely N-dealkylation sites (N-methyl/N-ethyl adjacent to an activating group) is 1.